The predicted molar refractivity (Wildman–Crippen MR) is 104 cm³/mol. The fourth-order valence-electron chi connectivity index (χ4n) is 2.81. The van der Waals surface area contributed by atoms with Gasteiger partial charge in [0.2, 0.25) is 0 Å². The van der Waals surface area contributed by atoms with Gasteiger partial charge in [0.05, 0.1) is 0 Å². The molecule has 3 N–H and O–H groups in total. The van der Waals surface area contributed by atoms with E-state index in [0.717, 1.165) is 16.7 Å². The molecule has 0 radical (unpaired) electrons. The largest absolute Gasteiger partial charge is 0.352 e. The van der Waals surface area contributed by atoms with Crippen molar-refractivity contribution in [2.45, 2.75) is 6.42 Å². The Balaban J connectivity index is 1.58. The van der Waals surface area contributed by atoms with E-state index in [1.807, 2.05) is 18.2 Å². The molecule has 0 aliphatic rings. The van der Waals surface area contributed by atoms with E-state index < -0.39 is 5.91 Å². The van der Waals surface area contributed by atoms with Crippen LogP contribution < -0.4 is 10.8 Å². The number of rotatable bonds is 6. The first-order valence-corrected chi connectivity index (χ1v) is 8.74. The maximum Gasteiger partial charge on any atom is 0.274 e. The number of hydroxylamine groups is 1. The number of benzene rings is 3. The highest BCUT2D eigenvalue weighted by atomic mass is 19.1. The van der Waals surface area contributed by atoms with E-state index in [0.29, 0.717) is 24.1 Å². The summed E-state index contributed by atoms with van der Waals surface area (Å²) in [5.74, 6) is -1.06. The standard InChI is InChI=1S/C22H19FN2O3/c23-20-3-1-2-15(14-20)12-13-24-21(26)18-8-4-16(5-9-18)17-6-10-19(11-7-17)22(27)25-28/h1-11,14,28H,12-13H2,(H,24,26)(H,25,27). The minimum absolute atomic E-state index is 0.196. The zero-order valence-electron chi connectivity index (χ0n) is 15.0. The zero-order valence-corrected chi connectivity index (χ0v) is 15.0. The lowest BCUT2D eigenvalue weighted by molar-refractivity contribution is 0.0706. The Morgan fingerprint density at radius 2 is 1.39 bits per heavy atom. The Labute approximate surface area is 161 Å². The molecule has 0 saturated heterocycles. The molecular formula is C22H19FN2O3. The van der Waals surface area contributed by atoms with Gasteiger partial charge in [-0.2, -0.15) is 0 Å². The van der Waals surface area contributed by atoms with E-state index in [2.05, 4.69) is 5.32 Å². The van der Waals surface area contributed by atoms with Gasteiger partial charge in [0.15, 0.2) is 0 Å². The van der Waals surface area contributed by atoms with Crippen molar-refractivity contribution < 1.29 is 19.2 Å². The molecule has 142 valence electrons. The third-order valence-electron chi connectivity index (χ3n) is 4.32. The molecule has 0 aliphatic carbocycles. The normalized spacial score (nSPS) is 10.4. The van der Waals surface area contributed by atoms with Crippen molar-refractivity contribution in [1.29, 1.82) is 0 Å². The maximum absolute atomic E-state index is 13.2. The Hall–Kier alpha value is -3.51. The molecule has 2 amide bonds. The second-order valence-corrected chi connectivity index (χ2v) is 6.23. The quantitative estimate of drug-likeness (QED) is 0.453. The number of amides is 2. The highest BCUT2D eigenvalue weighted by Crippen LogP contribution is 2.20. The minimum atomic E-state index is -0.572. The van der Waals surface area contributed by atoms with Crippen molar-refractivity contribution in [2.75, 3.05) is 6.54 Å². The number of halogens is 1. The maximum atomic E-state index is 13.2. The van der Waals surface area contributed by atoms with Crippen LogP contribution in [0.2, 0.25) is 0 Å². The Kier molecular flexibility index (Phi) is 6.14. The Bertz CT molecular complexity index is 970. The van der Waals surface area contributed by atoms with Crippen molar-refractivity contribution in [3.63, 3.8) is 0 Å². The first-order chi connectivity index (χ1) is 13.6. The average Bonchev–Trinajstić information content (AvgIpc) is 2.73. The SMILES string of the molecule is O=C(NO)c1ccc(-c2ccc(C(=O)NCCc3cccc(F)c3)cc2)cc1. The third-order valence-corrected chi connectivity index (χ3v) is 4.32. The number of hydrogen-bond donors (Lipinski definition) is 3. The average molecular weight is 378 g/mol. The summed E-state index contributed by atoms with van der Waals surface area (Å²) in [5.41, 5.74) is 5.07. The van der Waals surface area contributed by atoms with Gasteiger partial charge in [0.25, 0.3) is 11.8 Å². The summed E-state index contributed by atoms with van der Waals surface area (Å²) in [6.45, 7) is 0.415. The highest BCUT2D eigenvalue weighted by molar-refractivity contribution is 5.95. The van der Waals surface area contributed by atoms with Crippen LogP contribution in [-0.4, -0.2) is 23.6 Å². The van der Waals surface area contributed by atoms with E-state index >= 15 is 0 Å². The number of nitrogens with one attached hydrogen (secondary N) is 2. The van der Waals surface area contributed by atoms with Crippen molar-refractivity contribution in [3.8, 4) is 11.1 Å². The second-order valence-electron chi connectivity index (χ2n) is 6.23. The molecule has 0 heterocycles. The summed E-state index contributed by atoms with van der Waals surface area (Å²) in [6, 6.07) is 20.1. The molecule has 3 aromatic rings. The van der Waals surface area contributed by atoms with Crippen molar-refractivity contribution in [2.24, 2.45) is 0 Å². The van der Waals surface area contributed by atoms with Gasteiger partial charge in [-0.15, -0.1) is 0 Å². The van der Waals surface area contributed by atoms with Crippen LogP contribution >= 0.6 is 0 Å². The summed E-state index contributed by atoms with van der Waals surface area (Å²) >= 11 is 0. The van der Waals surface area contributed by atoms with Crippen LogP contribution in [0.5, 0.6) is 0 Å². The first kappa shape index (κ1) is 19.3. The topological polar surface area (TPSA) is 78.4 Å². The molecule has 28 heavy (non-hydrogen) atoms. The monoisotopic (exact) mass is 378 g/mol. The van der Waals surface area contributed by atoms with Crippen molar-refractivity contribution in [1.82, 2.24) is 10.8 Å². The van der Waals surface area contributed by atoms with Gasteiger partial charge in [0.1, 0.15) is 5.82 Å². The van der Waals surface area contributed by atoms with Crippen molar-refractivity contribution in [3.05, 3.63) is 95.3 Å². The van der Waals surface area contributed by atoms with Crippen LogP contribution in [0, 0.1) is 5.82 Å². The molecule has 0 aromatic heterocycles. The van der Waals surface area contributed by atoms with E-state index in [1.54, 1.807) is 47.9 Å². The lowest BCUT2D eigenvalue weighted by atomic mass is 10.0. The second kappa shape index (κ2) is 8.92. The summed E-state index contributed by atoms with van der Waals surface area (Å²) in [4.78, 5) is 23.6. The van der Waals surface area contributed by atoms with Gasteiger partial charge in [-0.3, -0.25) is 14.8 Å². The van der Waals surface area contributed by atoms with Gasteiger partial charge in [-0.1, -0.05) is 36.4 Å². The molecule has 0 atom stereocenters. The molecule has 0 bridgehead atoms. The molecule has 0 unspecified atom stereocenters. The molecule has 0 spiro atoms. The smallest absolute Gasteiger partial charge is 0.274 e. The van der Waals surface area contributed by atoms with Crippen LogP contribution in [0.3, 0.4) is 0 Å². The lowest BCUT2D eigenvalue weighted by Crippen LogP contribution is -2.25. The van der Waals surface area contributed by atoms with E-state index in [-0.39, 0.29) is 11.7 Å². The van der Waals surface area contributed by atoms with Crippen LogP contribution in [0.1, 0.15) is 26.3 Å². The molecule has 6 heteroatoms. The molecule has 3 aromatic carbocycles. The summed E-state index contributed by atoms with van der Waals surface area (Å²) in [7, 11) is 0. The Morgan fingerprint density at radius 3 is 1.93 bits per heavy atom. The summed E-state index contributed by atoms with van der Waals surface area (Å²) < 4.78 is 13.2. The van der Waals surface area contributed by atoms with Crippen LogP contribution in [0.4, 0.5) is 4.39 Å². The number of carbonyl (C=O) groups excluding carboxylic acids is 2. The van der Waals surface area contributed by atoms with E-state index in [9.17, 15) is 14.0 Å². The van der Waals surface area contributed by atoms with Crippen LogP contribution in [0.15, 0.2) is 72.8 Å². The van der Waals surface area contributed by atoms with Gasteiger partial charge in [0, 0.05) is 17.7 Å². The van der Waals surface area contributed by atoms with Gasteiger partial charge >= 0.3 is 0 Å². The molecular weight excluding hydrogens is 359 g/mol. The minimum Gasteiger partial charge on any atom is -0.352 e. The molecule has 5 nitrogen and oxygen atoms in total. The van der Waals surface area contributed by atoms with Gasteiger partial charge in [-0.05, 0) is 59.5 Å². The molecule has 0 fully saturated rings. The number of hydrogen-bond acceptors (Lipinski definition) is 3. The molecule has 0 aliphatic heterocycles. The fraction of sp³-hybridized carbons (Fsp3) is 0.0909. The zero-order chi connectivity index (χ0) is 19.9. The molecule has 0 saturated carbocycles. The van der Waals surface area contributed by atoms with Crippen LogP contribution in [-0.2, 0) is 6.42 Å². The Morgan fingerprint density at radius 1 is 0.821 bits per heavy atom. The van der Waals surface area contributed by atoms with Gasteiger partial charge < -0.3 is 5.32 Å². The lowest BCUT2D eigenvalue weighted by Gasteiger charge is -2.07. The van der Waals surface area contributed by atoms with E-state index in [1.165, 1.54) is 12.1 Å². The summed E-state index contributed by atoms with van der Waals surface area (Å²) in [5, 5.41) is 11.5. The first-order valence-electron chi connectivity index (χ1n) is 8.74. The predicted octanol–water partition coefficient (Wildman–Crippen LogP) is 3.58. The third kappa shape index (κ3) is 4.81. The van der Waals surface area contributed by atoms with E-state index in [4.69, 9.17) is 5.21 Å². The number of carbonyl (C=O) groups is 2. The fourth-order valence-corrected chi connectivity index (χ4v) is 2.81. The van der Waals surface area contributed by atoms with Crippen LogP contribution in [0.25, 0.3) is 11.1 Å². The van der Waals surface area contributed by atoms with Gasteiger partial charge in [-0.25, -0.2) is 9.87 Å². The van der Waals surface area contributed by atoms with Crippen molar-refractivity contribution >= 4 is 11.8 Å². The molecule has 3 rings (SSSR count). The highest BCUT2D eigenvalue weighted by Gasteiger charge is 2.07. The summed E-state index contributed by atoms with van der Waals surface area (Å²) in [6.07, 6.45) is 0.551.